The van der Waals surface area contributed by atoms with Gasteiger partial charge in [-0.05, 0) is 18.4 Å². The molecule has 0 aliphatic carbocycles. The summed E-state index contributed by atoms with van der Waals surface area (Å²) in [6, 6.07) is 1.68. The Morgan fingerprint density at radius 2 is 2.35 bits per heavy atom. The second-order valence-electron chi connectivity index (χ2n) is 5.47. The molecule has 0 spiro atoms. The second-order valence-corrected chi connectivity index (χ2v) is 5.47. The Hall–Kier alpha value is -1.89. The number of carboxylic acid groups (broad SMARTS) is 1. The van der Waals surface area contributed by atoms with Crippen molar-refractivity contribution in [2.45, 2.75) is 38.1 Å². The minimum Gasteiger partial charge on any atom is -0.481 e. The molecule has 20 heavy (non-hydrogen) atoms. The Labute approximate surface area is 116 Å². The van der Waals surface area contributed by atoms with Crippen LogP contribution in [0, 0.1) is 0 Å². The van der Waals surface area contributed by atoms with Gasteiger partial charge in [0.1, 0.15) is 5.69 Å². The first-order chi connectivity index (χ1) is 9.42. The van der Waals surface area contributed by atoms with Crippen LogP contribution in [0.4, 0.5) is 0 Å². The van der Waals surface area contributed by atoms with Crippen LogP contribution in [0.15, 0.2) is 6.07 Å². The van der Waals surface area contributed by atoms with Crippen molar-refractivity contribution in [3.63, 3.8) is 0 Å². The number of H-pyrrole nitrogens is 1. The van der Waals surface area contributed by atoms with Crippen LogP contribution in [0.3, 0.4) is 0 Å². The first kappa shape index (κ1) is 14.5. The Kier molecular flexibility index (Phi) is 4.08. The molecule has 1 amide bonds. The zero-order valence-electron chi connectivity index (χ0n) is 11.6. The van der Waals surface area contributed by atoms with Crippen LogP contribution >= 0.6 is 0 Å². The standard InChI is InChI=1S/C13H19N3O4/c1-8(2)9-5-10(16-15-9)12(19)14-13(6-11(17)18)3-4-20-7-13/h5,8H,3-4,6-7H2,1-2H3,(H,14,19)(H,15,16)(H,17,18). The fourth-order valence-electron chi connectivity index (χ4n) is 2.23. The number of carbonyl (C=O) groups excluding carboxylic acids is 1. The highest BCUT2D eigenvalue weighted by Crippen LogP contribution is 2.23. The van der Waals surface area contributed by atoms with E-state index in [1.807, 2.05) is 13.8 Å². The number of nitrogens with one attached hydrogen (secondary N) is 2. The maximum Gasteiger partial charge on any atom is 0.305 e. The van der Waals surface area contributed by atoms with Crippen molar-refractivity contribution in [1.29, 1.82) is 0 Å². The molecule has 0 aromatic carbocycles. The fourth-order valence-corrected chi connectivity index (χ4v) is 2.23. The Bertz CT molecular complexity index is 503. The van der Waals surface area contributed by atoms with E-state index in [1.165, 1.54) is 0 Å². The number of amides is 1. The van der Waals surface area contributed by atoms with Crippen LogP contribution in [0.25, 0.3) is 0 Å². The highest BCUT2D eigenvalue weighted by atomic mass is 16.5. The summed E-state index contributed by atoms with van der Waals surface area (Å²) in [6.07, 6.45) is 0.340. The number of aromatic nitrogens is 2. The molecule has 0 saturated carbocycles. The molecule has 1 fully saturated rings. The highest BCUT2D eigenvalue weighted by molar-refractivity contribution is 5.93. The van der Waals surface area contributed by atoms with E-state index in [4.69, 9.17) is 9.84 Å². The lowest BCUT2D eigenvalue weighted by molar-refractivity contribution is -0.138. The van der Waals surface area contributed by atoms with Crippen molar-refractivity contribution in [3.8, 4) is 0 Å². The number of carbonyl (C=O) groups is 2. The van der Waals surface area contributed by atoms with Gasteiger partial charge in [0, 0.05) is 12.3 Å². The molecule has 7 nitrogen and oxygen atoms in total. The van der Waals surface area contributed by atoms with Crippen molar-refractivity contribution in [1.82, 2.24) is 15.5 Å². The number of hydrogen-bond acceptors (Lipinski definition) is 4. The number of carboxylic acids is 1. The number of aromatic amines is 1. The van der Waals surface area contributed by atoms with Gasteiger partial charge in [0.2, 0.25) is 0 Å². The predicted molar refractivity (Wildman–Crippen MR) is 70.6 cm³/mol. The average molecular weight is 281 g/mol. The topological polar surface area (TPSA) is 104 Å². The zero-order valence-corrected chi connectivity index (χ0v) is 11.6. The molecule has 3 N–H and O–H groups in total. The second kappa shape index (κ2) is 5.62. The molecule has 1 saturated heterocycles. The minimum atomic E-state index is -0.958. The monoisotopic (exact) mass is 281 g/mol. The third kappa shape index (κ3) is 3.16. The van der Waals surface area contributed by atoms with Crippen LogP contribution in [-0.4, -0.2) is 45.9 Å². The summed E-state index contributed by atoms with van der Waals surface area (Å²) in [5.41, 5.74) is 0.301. The summed E-state index contributed by atoms with van der Waals surface area (Å²) in [5.74, 6) is -1.09. The van der Waals surface area contributed by atoms with E-state index in [1.54, 1.807) is 6.07 Å². The first-order valence-electron chi connectivity index (χ1n) is 6.59. The van der Waals surface area contributed by atoms with E-state index < -0.39 is 11.5 Å². The van der Waals surface area contributed by atoms with Gasteiger partial charge >= 0.3 is 5.97 Å². The summed E-state index contributed by atoms with van der Waals surface area (Å²) >= 11 is 0. The van der Waals surface area contributed by atoms with E-state index in [9.17, 15) is 9.59 Å². The minimum absolute atomic E-state index is 0.153. The SMILES string of the molecule is CC(C)c1cc(C(=O)NC2(CC(=O)O)CCOC2)n[nH]1. The Morgan fingerprint density at radius 3 is 2.85 bits per heavy atom. The number of aliphatic carboxylic acids is 1. The summed E-state index contributed by atoms with van der Waals surface area (Å²) in [6.45, 7) is 4.65. The number of rotatable bonds is 5. The molecule has 1 aromatic rings. The molecule has 0 bridgehead atoms. The number of nitrogens with zero attached hydrogens (tertiary/aromatic N) is 1. The molecule has 1 aliphatic rings. The molecule has 1 unspecified atom stereocenters. The molecule has 1 aromatic heterocycles. The van der Waals surface area contributed by atoms with Gasteiger partial charge in [-0.15, -0.1) is 0 Å². The molecule has 1 aliphatic heterocycles. The zero-order chi connectivity index (χ0) is 14.8. The smallest absolute Gasteiger partial charge is 0.305 e. The fraction of sp³-hybridized carbons (Fsp3) is 0.615. The van der Waals surface area contributed by atoms with E-state index in [-0.39, 0.29) is 30.5 Å². The lowest BCUT2D eigenvalue weighted by Crippen LogP contribution is -2.50. The third-order valence-electron chi connectivity index (χ3n) is 3.42. The van der Waals surface area contributed by atoms with Crippen LogP contribution in [-0.2, 0) is 9.53 Å². The molecule has 7 heteroatoms. The van der Waals surface area contributed by atoms with Crippen LogP contribution in [0.1, 0.15) is 48.8 Å². The molecule has 0 radical (unpaired) electrons. The molecule has 1 atom stereocenters. The summed E-state index contributed by atoms with van der Waals surface area (Å²) in [5, 5.41) is 18.5. The van der Waals surface area contributed by atoms with E-state index in [0.29, 0.717) is 13.0 Å². The Balaban J connectivity index is 2.09. The van der Waals surface area contributed by atoms with Crippen LogP contribution < -0.4 is 5.32 Å². The summed E-state index contributed by atoms with van der Waals surface area (Å²) in [7, 11) is 0. The van der Waals surface area contributed by atoms with Gasteiger partial charge in [-0.1, -0.05) is 13.8 Å². The summed E-state index contributed by atoms with van der Waals surface area (Å²) < 4.78 is 5.24. The van der Waals surface area contributed by atoms with Gasteiger partial charge < -0.3 is 15.2 Å². The van der Waals surface area contributed by atoms with E-state index >= 15 is 0 Å². The molecular weight excluding hydrogens is 262 g/mol. The normalized spacial score (nSPS) is 22.1. The lowest BCUT2D eigenvalue weighted by Gasteiger charge is -2.26. The molecule has 2 heterocycles. The molecule has 110 valence electrons. The molecular formula is C13H19N3O4. The van der Waals surface area contributed by atoms with E-state index in [2.05, 4.69) is 15.5 Å². The van der Waals surface area contributed by atoms with Crippen LogP contribution in [0.5, 0.6) is 0 Å². The van der Waals surface area contributed by atoms with E-state index in [0.717, 1.165) is 5.69 Å². The highest BCUT2D eigenvalue weighted by Gasteiger charge is 2.39. The van der Waals surface area contributed by atoms with Gasteiger partial charge in [-0.2, -0.15) is 5.10 Å². The quantitative estimate of drug-likeness (QED) is 0.743. The van der Waals surface area contributed by atoms with Gasteiger partial charge in [0.05, 0.1) is 18.6 Å². The average Bonchev–Trinajstić information content (AvgIpc) is 2.96. The Morgan fingerprint density at radius 1 is 1.60 bits per heavy atom. The van der Waals surface area contributed by atoms with Crippen molar-refractivity contribution in [2.75, 3.05) is 13.2 Å². The van der Waals surface area contributed by atoms with Crippen molar-refractivity contribution < 1.29 is 19.4 Å². The van der Waals surface area contributed by atoms with Crippen molar-refractivity contribution >= 4 is 11.9 Å². The van der Waals surface area contributed by atoms with Gasteiger partial charge in [-0.25, -0.2) is 0 Å². The summed E-state index contributed by atoms with van der Waals surface area (Å²) in [4.78, 5) is 23.1. The number of ether oxygens (including phenoxy) is 1. The first-order valence-corrected chi connectivity index (χ1v) is 6.59. The van der Waals surface area contributed by atoms with Crippen molar-refractivity contribution in [2.24, 2.45) is 0 Å². The largest absolute Gasteiger partial charge is 0.481 e. The lowest BCUT2D eigenvalue weighted by atomic mass is 9.94. The predicted octanol–water partition coefficient (Wildman–Crippen LogP) is 0.897. The molecule has 2 rings (SSSR count). The maximum atomic E-state index is 12.2. The van der Waals surface area contributed by atoms with Crippen molar-refractivity contribution in [3.05, 3.63) is 17.5 Å². The third-order valence-corrected chi connectivity index (χ3v) is 3.42. The van der Waals surface area contributed by atoms with Gasteiger partial charge in [0.25, 0.3) is 5.91 Å². The number of hydrogen-bond donors (Lipinski definition) is 3. The van der Waals surface area contributed by atoms with Gasteiger partial charge in [0.15, 0.2) is 0 Å². The van der Waals surface area contributed by atoms with Crippen LogP contribution in [0.2, 0.25) is 0 Å². The maximum absolute atomic E-state index is 12.2. The van der Waals surface area contributed by atoms with Gasteiger partial charge in [-0.3, -0.25) is 14.7 Å².